The minimum atomic E-state index is -0.671. The Morgan fingerprint density at radius 3 is 2.47 bits per heavy atom. The Kier molecular flexibility index (Phi) is 2.98. The first kappa shape index (κ1) is 10.9. The third-order valence-corrected chi connectivity index (χ3v) is 3.84. The van der Waals surface area contributed by atoms with Crippen molar-refractivity contribution in [2.24, 2.45) is 5.92 Å². The average Bonchev–Trinajstić information content (AvgIpc) is 2.13. The average molecular weight is 212 g/mol. The summed E-state index contributed by atoms with van der Waals surface area (Å²) in [5.74, 6) is 0.131. The quantitative estimate of drug-likeness (QED) is 0.716. The number of nitrogens with zero attached hydrogens (tertiary/aromatic N) is 1. The van der Waals surface area contributed by atoms with Crippen molar-refractivity contribution in [1.82, 2.24) is 10.2 Å². The molecular weight excluding hydrogens is 192 g/mol. The van der Waals surface area contributed by atoms with Gasteiger partial charge in [0.25, 0.3) is 0 Å². The van der Waals surface area contributed by atoms with Gasteiger partial charge in [-0.25, -0.2) is 0 Å². The van der Waals surface area contributed by atoms with Crippen molar-refractivity contribution in [2.45, 2.75) is 31.7 Å². The summed E-state index contributed by atoms with van der Waals surface area (Å²) in [6.45, 7) is 6.09. The van der Waals surface area contributed by atoms with Crippen LogP contribution < -0.4 is 5.32 Å². The van der Waals surface area contributed by atoms with Crippen molar-refractivity contribution >= 4 is 5.97 Å². The largest absolute Gasteiger partial charge is 0.481 e. The number of carboxylic acid groups (broad SMARTS) is 1. The predicted molar refractivity (Wildman–Crippen MR) is 57.8 cm³/mol. The molecule has 2 saturated heterocycles. The molecule has 2 fully saturated rings. The molecule has 2 aliphatic rings. The normalized spacial score (nSPS) is 27.3. The summed E-state index contributed by atoms with van der Waals surface area (Å²) >= 11 is 0. The van der Waals surface area contributed by atoms with Gasteiger partial charge in [0.15, 0.2) is 0 Å². The van der Waals surface area contributed by atoms with E-state index in [1.165, 1.54) is 12.8 Å². The molecule has 4 nitrogen and oxygen atoms in total. The first-order valence-corrected chi connectivity index (χ1v) is 5.80. The summed E-state index contributed by atoms with van der Waals surface area (Å²) in [5.41, 5.74) is -0.0774. The molecule has 0 aromatic heterocycles. The van der Waals surface area contributed by atoms with Crippen molar-refractivity contribution in [3.8, 4) is 0 Å². The maximum Gasteiger partial charge on any atom is 0.305 e. The molecule has 0 bridgehead atoms. The molecule has 0 amide bonds. The Labute approximate surface area is 90.6 Å². The highest BCUT2D eigenvalue weighted by Gasteiger charge is 2.44. The Hall–Kier alpha value is -0.610. The van der Waals surface area contributed by atoms with Crippen LogP contribution >= 0.6 is 0 Å². The third kappa shape index (κ3) is 2.16. The molecule has 2 N–H and O–H groups in total. The number of carbonyl (C=O) groups is 1. The standard InChI is InChI=1S/C11H20N2O2/c1-9-2-4-13(5-3-9)11(6-10(14)15)7-12-8-11/h9,12H,2-8H2,1H3,(H,14,15). The minimum absolute atomic E-state index is 0.0774. The van der Waals surface area contributed by atoms with E-state index in [1.807, 2.05) is 0 Å². The van der Waals surface area contributed by atoms with Crippen LogP contribution in [0.25, 0.3) is 0 Å². The number of nitrogens with one attached hydrogen (secondary N) is 1. The second-order valence-corrected chi connectivity index (χ2v) is 5.07. The molecule has 86 valence electrons. The fourth-order valence-corrected chi connectivity index (χ4v) is 2.64. The van der Waals surface area contributed by atoms with Crippen molar-refractivity contribution in [1.29, 1.82) is 0 Å². The highest BCUT2D eigenvalue weighted by molar-refractivity contribution is 5.68. The van der Waals surface area contributed by atoms with Gasteiger partial charge in [-0.15, -0.1) is 0 Å². The van der Waals surface area contributed by atoms with E-state index in [9.17, 15) is 4.79 Å². The van der Waals surface area contributed by atoms with Crippen LogP contribution in [0.5, 0.6) is 0 Å². The molecule has 0 atom stereocenters. The number of aliphatic carboxylic acids is 1. The van der Waals surface area contributed by atoms with Crippen molar-refractivity contribution in [3.63, 3.8) is 0 Å². The minimum Gasteiger partial charge on any atom is -0.481 e. The summed E-state index contributed by atoms with van der Waals surface area (Å²) in [6, 6.07) is 0. The number of hydrogen-bond donors (Lipinski definition) is 2. The topological polar surface area (TPSA) is 52.6 Å². The zero-order chi connectivity index (χ0) is 10.9. The molecule has 4 heteroatoms. The number of piperidine rings is 1. The number of hydrogen-bond acceptors (Lipinski definition) is 3. The molecule has 0 saturated carbocycles. The second kappa shape index (κ2) is 4.10. The Morgan fingerprint density at radius 2 is 2.07 bits per heavy atom. The maximum atomic E-state index is 10.9. The zero-order valence-electron chi connectivity index (χ0n) is 9.33. The Bertz CT molecular complexity index is 243. The van der Waals surface area contributed by atoms with E-state index < -0.39 is 5.97 Å². The number of rotatable bonds is 3. The Balaban J connectivity index is 1.97. The summed E-state index contributed by atoms with van der Waals surface area (Å²) in [5, 5.41) is 12.2. The van der Waals surface area contributed by atoms with Crippen LogP contribution in [0.3, 0.4) is 0 Å². The molecule has 0 unspecified atom stereocenters. The summed E-state index contributed by atoms with van der Waals surface area (Å²) in [6.07, 6.45) is 2.71. The van der Waals surface area contributed by atoms with Crippen LogP contribution in [0.15, 0.2) is 0 Å². The van der Waals surface area contributed by atoms with Gasteiger partial charge in [0.2, 0.25) is 0 Å². The van der Waals surface area contributed by atoms with E-state index in [0.717, 1.165) is 32.1 Å². The van der Waals surface area contributed by atoms with Crippen molar-refractivity contribution < 1.29 is 9.90 Å². The fourth-order valence-electron chi connectivity index (χ4n) is 2.64. The third-order valence-electron chi connectivity index (χ3n) is 3.84. The fraction of sp³-hybridized carbons (Fsp3) is 0.909. The summed E-state index contributed by atoms with van der Waals surface area (Å²) in [7, 11) is 0. The number of carboxylic acids is 1. The van der Waals surface area contributed by atoms with Gasteiger partial charge < -0.3 is 10.4 Å². The van der Waals surface area contributed by atoms with Crippen molar-refractivity contribution in [3.05, 3.63) is 0 Å². The summed E-state index contributed by atoms with van der Waals surface area (Å²) < 4.78 is 0. The Morgan fingerprint density at radius 1 is 1.47 bits per heavy atom. The van der Waals surface area contributed by atoms with Crippen LogP contribution in [-0.4, -0.2) is 47.7 Å². The van der Waals surface area contributed by atoms with E-state index in [4.69, 9.17) is 5.11 Å². The van der Waals surface area contributed by atoms with Gasteiger partial charge in [0, 0.05) is 13.1 Å². The van der Waals surface area contributed by atoms with Crippen LogP contribution in [-0.2, 0) is 4.79 Å². The lowest BCUT2D eigenvalue weighted by atomic mass is 9.83. The lowest BCUT2D eigenvalue weighted by Gasteiger charge is -2.52. The molecule has 0 radical (unpaired) electrons. The monoisotopic (exact) mass is 212 g/mol. The molecule has 2 heterocycles. The van der Waals surface area contributed by atoms with Gasteiger partial charge in [-0.05, 0) is 31.8 Å². The van der Waals surface area contributed by atoms with Crippen molar-refractivity contribution in [2.75, 3.05) is 26.2 Å². The molecule has 0 aliphatic carbocycles. The lowest BCUT2D eigenvalue weighted by Crippen LogP contribution is -2.70. The SMILES string of the molecule is CC1CCN(C2(CC(=O)O)CNC2)CC1. The molecule has 2 rings (SSSR count). The van der Waals surface area contributed by atoms with E-state index in [-0.39, 0.29) is 12.0 Å². The van der Waals surface area contributed by atoms with Crippen LogP contribution in [0.2, 0.25) is 0 Å². The van der Waals surface area contributed by atoms with Gasteiger partial charge >= 0.3 is 5.97 Å². The van der Waals surface area contributed by atoms with Crippen LogP contribution in [0.1, 0.15) is 26.2 Å². The summed E-state index contributed by atoms with van der Waals surface area (Å²) in [4.78, 5) is 13.2. The molecule has 0 aromatic carbocycles. The highest BCUT2D eigenvalue weighted by atomic mass is 16.4. The second-order valence-electron chi connectivity index (χ2n) is 5.07. The predicted octanol–water partition coefficient (Wildman–Crippen LogP) is 0.535. The first-order valence-electron chi connectivity index (χ1n) is 5.80. The molecule has 15 heavy (non-hydrogen) atoms. The van der Waals surface area contributed by atoms with E-state index in [2.05, 4.69) is 17.1 Å². The van der Waals surface area contributed by atoms with Gasteiger partial charge in [0.1, 0.15) is 0 Å². The molecule has 0 aromatic rings. The highest BCUT2D eigenvalue weighted by Crippen LogP contribution is 2.29. The molecular formula is C11H20N2O2. The van der Waals surface area contributed by atoms with Gasteiger partial charge in [-0.3, -0.25) is 9.69 Å². The van der Waals surface area contributed by atoms with E-state index in [0.29, 0.717) is 0 Å². The van der Waals surface area contributed by atoms with Crippen LogP contribution in [0.4, 0.5) is 0 Å². The smallest absolute Gasteiger partial charge is 0.305 e. The molecule has 0 spiro atoms. The van der Waals surface area contributed by atoms with E-state index in [1.54, 1.807) is 0 Å². The van der Waals surface area contributed by atoms with Gasteiger partial charge in [-0.2, -0.15) is 0 Å². The van der Waals surface area contributed by atoms with Crippen LogP contribution in [0, 0.1) is 5.92 Å². The lowest BCUT2D eigenvalue weighted by molar-refractivity contribution is -0.142. The number of likely N-dealkylation sites (tertiary alicyclic amines) is 1. The van der Waals surface area contributed by atoms with E-state index >= 15 is 0 Å². The van der Waals surface area contributed by atoms with Gasteiger partial charge in [0.05, 0.1) is 12.0 Å². The van der Waals surface area contributed by atoms with Gasteiger partial charge in [-0.1, -0.05) is 6.92 Å². The first-order chi connectivity index (χ1) is 7.12. The molecule has 2 aliphatic heterocycles. The zero-order valence-corrected chi connectivity index (χ0v) is 9.33. The maximum absolute atomic E-state index is 10.9.